The quantitative estimate of drug-likeness (QED) is 0.723. The second-order valence-electron chi connectivity index (χ2n) is 3.47. The van der Waals surface area contributed by atoms with E-state index in [1.807, 2.05) is 0 Å². The topological polar surface area (TPSA) is 77.8 Å². The summed E-state index contributed by atoms with van der Waals surface area (Å²) in [5, 5.41) is 28.2. The van der Waals surface area contributed by atoms with E-state index in [1.165, 1.54) is 6.07 Å². The molecule has 0 amide bonds. The molecule has 4 nitrogen and oxygen atoms in total. The van der Waals surface area contributed by atoms with Gasteiger partial charge in [-0.2, -0.15) is 0 Å². The van der Waals surface area contributed by atoms with Crippen molar-refractivity contribution in [3.05, 3.63) is 29.3 Å². The molecule has 0 aliphatic rings. The molecule has 0 aliphatic heterocycles. The largest absolute Gasteiger partial charge is 0.508 e. The van der Waals surface area contributed by atoms with Crippen molar-refractivity contribution >= 4 is 21.9 Å². The van der Waals surface area contributed by atoms with Crippen molar-refractivity contribution in [2.45, 2.75) is 18.9 Å². The number of benzene rings is 1. The fourth-order valence-electron chi connectivity index (χ4n) is 1.42. The summed E-state index contributed by atoms with van der Waals surface area (Å²) in [6.07, 6.45) is 0.0141. The van der Waals surface area contributed by atoms with Crippen molar-refractivity contribution in [1.29, 1.82) is 0 Å². The fraction of sp³-hybridized carbons (Fsp3) is 0.364. The van der Waals surface area contributed by atoms with Crippen LogP contribution in [0.2, 0.25) is 0 Å². The molecule has 0 aromatic heterocycles. The van der Waals surface area contributed by atoms with E-state index >= 15 is 0 Å². The van der Waals surface area contributed by atoms with Crippen molar-refractivity contribution in [3.8, 4) is 5.75 Å². The van der Waals surface area contributed by atoms with Gasteiger partial charge in [0.1, 0.15) is 5.75 Å². The van der Waals surface area contributed by atoms with E-state index in [0.29, 0.717) is 0 Å². The van der Waals surface area contributed by atoms with E-state index < -0.39 is 12.1 Å². The third kappa shape index (κ3) is 3.50. The Kier molecular flexibility index (Phi) is 4.76. The molecule has 0 saturated carbocycles. The van der Waals surface area contributed by atoms with Crippen LogP contribution in [0, 0.1) is 0 Å². The van der Waals surface area contributed by atoms with Crippen molar-refractivity contribution in [2.24, 2.45) is 0 Å². The Balaban J connectivity index is 2.93. The minimum atomic E-state index is -1.59. The second kappa shape index (κ2) is 5.86. The summed E-state index contributed by atoms with van der Waals surface area (Å²) in [5.41, 5.74) is 1.02. The molecule has 0 spiro atoms. The van der Waals surface area contributed by atoms with Crippen molar-refractivity contribution < 1.29 is 20.1 Å². The van der Waals surface area contributed by atoms with Crippen molar-refractivity contribution in [1.82, 2.24) is 0 Å². The number of rotatable bonds is 5. The molecule has 3 N–H and O–H groups in total. The van der Waals surface area contributed by atoms with Gasteiger partial charge in [-0.1, -0.05) is 22.0 Å². The van der Waals surface area contributed by atoms with Gasteiger partial charge in [-0.05, 0) is 36.1 Å². The number of aromatic hydroxyl groups is 1. The van der Waals surface area contributed by atoms with Crippen LogP contribution in [0.3, 0.4) is 0 Å². The van der Waals surface area contributed by atoms with Crippen molar-refractivity contribution in [2.75, 3.05) is 5.33 Å². The Hall–Kier alpha value is -1.07. The molecule has 1 rings (SSSR count). The summed E-state index contributed by atoms with van der Waals surface area (Å²) in [4.78, 5) is 10.6. The summed E-state index contributed by atoms with van der Waals surface area (Å²) >= 11 is 3.29. The highest BCUT2D eigenvalue weighted by Crippen LogP contribution is 2.22. The van der Waals surface area contributed by atoms with Gasteiger partial charge in [0.25, 0.3) is 0 Å². The van der Waals surface area contributed by atoms with Crippen LogP contribution in [0.25, 0.3) is 0 Å². The molecule has 5 heteroatoms. The maximum Gasteiger partial charge on any atom is 0.337 e. The maximum absolute atomic E-state index is 10.6. The van der Waals surface area contributed by atoms with Gasteiger partial charge in [-0.3, -0.25) is 0 Å². The Morgan fingerprint density at radius 1 is 1.38 bits per heavy atom. The number of carboxylic acid groups (broad SMARTS) is 1. The first-order chi connectivity index (χ1) is 7.54. The number of aryl methyl sites for hydroxylation is 1. The van der Waals surface area contributed by atoms with Gasteiger partial charge in [0, 0.05) is 5.33 Å². The number of hydrogen-bond acceptors (Lipinski definition) is 3. The third-order valence-electron chi connectivity index (χ3n) is 2.15. The first-order valence-electron chi connectivity index (χ1n) is 4.84. The van der Waals surface area contributed by atoms with E-state index in [2.05, 4.69) is 15.9 Å². The van der Waals surface area contributed by atoms with E-state index in [-0.39, 0.29) is 11.3 Å². The lowest BCUT2D eigenvalue weighted by molar-refractivity contribution is -0.146. The highest BCUT2D eigenvalue weighted by atomic mass is 79.9. The van der Waals surface area contributed by atoms with Crippen LogP contribution in [0.4, 0.5) is 0 Å². The smallest absolute Gasteiger partial charge is 0.337 e. The minimum Gasteiger partial charge on any atom is -0.508 e. The fourth-order valence-corrected chi connectivity index (χ4v) is 1.70. The first kappa shape index (κ1) is 13.0. The summed E-state index contributed by atoms with van der Waals surface area (Å²) in [6.45, 7) is 0. The molecule has 1 aromatic carbocycles. The third-order valence-corrected chi connectivity index (χ3v) is 2.71. The lowest BCUT2D eigenvalue weighted by Crippen LogP contribution is -2.10. The number of alkyl halides is 1. The van der Waals surface area contributed by atoms with Gasteiger partial charge in [-0.15, -0.1) is 0 Å². The highest BCUT2D eigenvalue weighted by Gasteiger charge is 2.17. The second-order valence-corrected chi connectivity index (χ2v) is 4.26. The molecule has 0 heterocycles. The van der Waals surface area contributed by atoms with Gasteiger partial charge in [-0.25, -0.2) is 4.79 Å². The summed E-state index contributed by atoms with van der Waals surface area (Å²) in [6, 6.07) is 4.43. The van der Waals surface area contributed by atoms with Crippen LogP contribution in [0.15, 0.2) is 18.2 Å². The highest BCUT2D eigenvalue weighted by molar-refractivity contribution is 9.09. The average molecular weight is 289 g/mol. The SMILES string of the molecule is O=C(O)C(O)c1cc(O)cc(CCCBr)c1. The Labute approximate surface area is 102 Å². The lowest BCUT2D eigenvalue weighted by atomic mass is 10.0. The van der Waals surface area contributed by atoms with E-state index in [9.17, 15) is 15.0 Å². The van der Waals surface area contributed by atoms with Crippen LogP contribution in [0.5, 0.6) is 5.75 Å². The molecule has 1 aromatic rings. The van der Waals surface area contributed by atoms with E-state index in [1.54, 1.807) is 12.1 Å². The van der Waals surface area contributed by atoms with E-state index in [0.717, 1.165) is 23.7 Å². The zero-order valence-corrected chi connectivity index (χ0v) is 10.1. The zero-order chi connectivity index (χ0) is 12.1. The number of halogens is 1. The molecule has 1 atom stereocenters. The predicted octanol–water partition coefficient (Wildman–Crippen LogP) is 1.84. The average Bonchev–Trinajstić information content (AvgIpc) is 2.24. The molecule has 0 saturated heterocycles. The lowest BCUT2D eigenvalue weighted by Gasteiger charge is -2.09. The predicted molar refractivity (Wildman–Crippen MR) is 62.8 cm³/mol. The Morgan fingerprint density at radius 2 is 2.06 bits per heavy atom. The first-order valence-corrected chi connectivity index (χ1v) is 5.96. The van der Waals surface area contributed by atoms with E-state index in [4.69, 9.17) is 5.11 Å². The number of aliphatic hydroxyl groups excluding tert-OH is 1. The van der Waals surface area contributed by atoms with Gasteiger partial charge in [0.05, 0.1) is 0 Å². The van der Waals surface area contributed by atoms with Crippen LogP contribution in [-0.4, -0.2) is 26.6 Å². The molecule has 0 radical (unpaired) electrons. The molecular formula is C11H13BrO4. The number of carboxylic acids is 1. The van der Waals surface area contributed by atoms with Crippen LogP contribution in [0.1, 0.15) is 23.7 Å². The minimum absolute atomic E-state index is 0.0256. The number of aliphatic carboxylic acids is 1. The van der Waals surface area contributed by atoms with Crippen molar-refractivity contribution in [3.63, 3.8) is 0 Å². The number of phenolic OH excluding ortho intramolecular Hbond substituents is 1. The van der Waals surface area contributed by atoms with Crippen LogP contribution in [-0.2, 0) is 11.2 Å². The van der Waals surface area contributed by atoms with Gasteiger partial charge >= 0.3 is 5.97 Å². The van der Waals surface area contributed by atoms with Gasteiger partial charge in [0.2, 0.25) is 0 Å². The number of aliphatic hydroxyl groups is 1. The Bertz CT molecular complexity index is 378. The number of phenols is 1. The molecule has 16 heavy (non-hydrogen) atoms. The summed E-state index contributed by atoms with van der Waals surface area (Å²) < 4.78 is 0. The molecule has 1 unspecified atom stereocenters. The number of hydrogen-bond donors (Lipinski definition) is 3. The van der Waals surface area contributed by atoms with Gasteiger partial charge < -0.3 is 15.3 Å². The van der Waals surface area contributed by atoms with Gasteiger partial charge in [0.15, 0.2) is 6.10 Å². The molecular weight excluding hydrogens is 276 g/mol. The summed E-state index contributed by atoms with van der Waals surface area (Å²) in [5.74, 6) is -1.35. The maximum atomic E-state index is 10.6. The molecule has 0 aliphatic carbocycles. The molecule has 0 fully saturated rings. The monoisotopic (exact) mass is 288 g/mol. The van der Waals surface area contributed by atoms with Crippen LogP contribution < -0.4 is 0 Å². The van der Waals surface area contributed by atoms with Crippen LogP contribution >= 0.6 is 15.9 Å². The normalized spacial score (nSPS) is 12.4. The molecule has 88 valence electrons. The number of carbonyl (C=O) groups is 1. The molecule has 0 bridgehead atoms. The summed E-state index contributed by atoms with van der Waals surface area (Å²) in [7, 11) is 0. The zero-order valence-electron chi connectivity index (χ0n) is 8.56. The Morgan fingerprint density at radius 3 is 2.62 bits per heavy atom. The standard InChI is InChI=1S/C11H13BrO4/c12-3-1-2-7-4-8(6-9(13)5-7)10(14)11(15)16/h4-6,10,13-14H,1-3H2,(H,15,16).